The molecule has 0 spiro atoms. The summed E-state index contributed by atoms with van der Waals surface area (Å²) in [4.78, 5) is 4.18. The second-order valence-electron chi connectivity index (χ2n) is 8.59. The number of alkyl halides is 3. The van der Waals surface area contributed by atoms with Crippen LogP contribution < -0.4 is 0 Å². The van der Waals surface area contributed by atoms with Crippen molar-refractivity contribution in [2.24, 2.45) is 0 Å². The van der Waals surface area contributed by atoms with Crippen LogP contribution in [-0.4, -0.2) is 66.0 Å². The molecule has 0 amide bonds. The van der Waals surface area contributed by atoms with E-state index in [0.29, 0.717) is 13.1 Å². The van der Waals surface area contributed by atoms with Gasteiger partial charge in [-0.2, -0.15) is 13.2 Å². The number of rotatable bonds is 5. The molecule has 2 heterocycles. The highest BCUT2D eigenvalue weighted by molar-refractivity contribution is 5.63. The van der Waals surface area contributed by atoms with E-state index >= 15 is 0 Å². The van der Waals surface area contributed by atoms with Gasteiger partial charge in [0, 0.05) is 31.1 Å². The van der Waals surface area contributed by atoms with Gasteiger partial charge in [0.15, 0.2) is 0 Å². The lowest BCUT2D eigenvalue weighted by atomic mass is 9.74. The van der Waals surface area contributed by atoms with Crippen molar-refractivity contribution in [1.82, 2.24) is 9.80 Å². The largest absolute Gasteiger partial charge is 0.395 e. The van der Waals surface area contributed by atoms with E-state index in [1.165, 1.54) is 12.1 Å². The highest BCUT2D eigenvalue weighted by atomic mass is 19.4. The molecule has 0 saturated carbocycles. The minimum absolute atomic E-state index is 0.0167. The average molecular weight is 436 g/mol. The summed E-state index contributed by atoms with van der Waals surface area (Å²) in [5.74, 6) is -0.219. The Kier molecular flexibility index (Phi) is 6.65. The predicted octanol–water partition coefficient (Wildman–Crippen LogP) is 4.67. The molecule has 168 valence electrons. The summed E-state index contributed by atoms with van der Waals surface area (Å²) >= 11 is 0. The van der Waals surface area contributed by atoms with Crippen molar-refractivity contribution in [3.63, 3.8) is 0 Å². The molecule has 7 heteroatoms. The van der Waals surface area contributed by atoms with E-state index in [0.717, 1.165) is 36.1 Å². The minimum atomic E-state index is -4.15. The monoisotopic (exact) mass is 436 g/mol. The normalized spacial score (nSPS) is 25.4. The van der Waals surface area contributed by atoms with Crippen LogP contribution >= 0.6 is 0 Å². The smallest absolute Gasteiger partial charge is 0.390 e. The number of halogens is 4. The van der Waals surface area contributed by atoms with Crippen LogP contribution in [0.4, 0.5) is 17.6 Å². The fourth-order valence-electron chi connectivity index (χ4n) is 5.07. The van der Waals surface area contributed by atoms with E-state index in [1.807, 2.05) is 35.2 Å². The summed E-state index contributed by atoms with van der Waals surface area (Å²) in [5, 5.41) is 10.0. The van der Waals surface area contributed by atoms with Crippen LogP contribution in [0.1, 0.15) is 30.7 Å². The molecule has 2 aliphatic rings. The number of hydrogen-bond donors (Lipinski definition) is 1. The van der Waals surface area contributed by atoms with Crippen LogP contribution in [0.2, 0.25) is 0 Å². The predicted molar refractivity (Wildman–Crippen MR) is 112 cm³/mol. The molecule has 0 aliphatic carbocycles. The zero-order valence-corrected chi connectivity index (χ0v) is 17.4. The SMILES string of the molecule is OC[C@@H]1[C@@H](c2ccc(-c3cccc(F)c3)cc2)[C@@H]2CN(CCC(F)(F)F)CCCCN12. The number of aliphatic hydroxyl groups is 1. The lowest BCUT2D eigenvalue weighted by molar-refractivity contribution is -0.140. The van der Waals surface area contributed by atoms with Crippen molar-refractivity contribution in [2.45, 2.75) is 43.4 Å². The molecule has 0 aromatic heterocycles. The molecule has 0 unspecified atom stereocenters. The van der Waals surface area contributed by atoms with Gasteiger partial charge in [-0.05, 0) is 54.8 Å². The Morgan fingerprint density at radius 1 is 0.968 bits per heavy atom. The molecular weight excluding hydrogens is 408 g/mol. The maximum Gasteiger partial charge on any atom is 0.390 e. The summed E-state index contributed by atoms with van der Waals surface area (Å²) in [6, 6.07) is 14.4. The van der Waals surface area contributed by atoms with E-state index < -0.39 is 12.6 Å². The Labute approximate surface area is 180 Å². The van der Waals surface area contributed by atoms with Gasteiger partial charge < -0.3 is 10.0 Å². The van der Waals surface area contributed by atoms with Crippen molar-refractivity contribution in [2.75, 3.05) is 32.8 Å². The fourth-order valence-corrected chi connectivity index (χ4v) is 5.07. The third-order valence-corrected chi connectivity index (χ3v) is 6.62. The van der Waals surface area contributed by atoms with Gasteiger partial charge in [0.25, 0.3) is 0 Å². The lowest BCUT2D eigenvalue weighted by Crippen LogP contribution is -2.67. The lowest BCUT2D eigenvalue weighted by Gasteiger charge is -2.57. The van der Waals surface area contributed by atoms with Gasteiger partial charge in [-0.15, -0.1) is 0 Å². The minimum Gasteiger partial charge on any atom is -0.395 e. The third-order valence-electron chi connectivity index (χ3n) is 6.62. The summed E-state index contributed by atoms with van der Waals surface area (Å²) < 4.78 is 51.8. The van der Waals surface area contributed by atoms with Crippen molar-refractivity contribution in [3.05, 3.63) is 59.9 Å². The zero-order valence-electron chi connectivity index (χ0n) is 17.4. The van der Waals surface area contributed by atoms with Crippen LogP contribution in [0.15, 0.2) is 48.5 Å². The number of benzene rings is 2. The summed E-state index contributed by atoms with van der Waals surface area (Å²) in [5.41, 5.74) is 2.77. The first-order valence-electron chi connectivity index (χ1n) is 10.9. The molecule has 3 atom stereocenters. The fraction of sp³-hybridized carbons (Fsp3) is 0.500. The number of aliphatic hydroxyl groups excluding tert-OH is 1. The van der Waals surface area contributed by atoms with Crippen LogP contribution in [0.25, 0.3) is 11.1 Å². The third kappa shape index (κ3) is 5.10. The molecule has 0 radical (unpaired) electrons. The second kappa shape index (κ2) is 9.27. The molecule has 2 fully saturated rings. The highest BCUT2D eigenvalue weighted by Crippen LogP contribution is 2.42. The molecule has 2 aliphatic heterocycles. The summed E-state index contributed by atoms with van der Waals surface area (Å²) in [6.07, 6.45) is -3.16. The van der Waals surface area contributed by atoms with Crippen LogP contribution in [0, 0.1) is 5.82 Å². The van der Waals surface area contributed by atoms with Gasteiger partial charge in [0.1, 0.15) is 5.82 Å². The zero-order chi connectivity index (χ0) is 22.0. The van der Waals surface area contributed by atoms with E-state index in [-0.39, 0.29) is 37.0 Å². The Morgan fingerprint density at radius 3 is 2.39 bits per heavy atom. The first-order valence-corrected chi connectivity index (χ1v) is 10.9. The van der Waals surface area contributed by atoms with Crippen LogP contribution in [-0.2, 0) is 0 Å². The van der Waals surface area contributed by atoms with Gasteiger partial charge in [0.2, 0.25) is 0 Å². The average Bonchev–Trinajstić information content (AvgIpc) is 2.72. The Hall–Kier alpha value is -1.96. The molecule has 4 rings (SSSR count). The standard InChI is InChI=1S/C24H28F4N2O/c25-20-5-3-4-19(14-20)17-6-8-18(9-7-17)23-21-15-29(13-10-24(26,27)28)11-1-2-12-30(21)22(23)16-31/h3-9,14,21-23,31H,1-2,10-13,15-16H2/t21-,22+,23-/m0/s1. The van der Waals surface area contributed by atoms with Crippen molar-refractivity contribution in [3.8, 4) is 11.1 Å². The molecule has 2 aromatic carbocycles. The molecule has 0 bridgehead atoms. The molecule has 31 heavy (non-hydrogen) atoms. The number of fused-ring (bicyclic) bond motifs is 1. The number of nitrogens with zero attached hydrogens (tertiary/aromatic N) is 2. The van der Waals surface area contributed by atoms with E-state index in [1.54, 1.807) is 6.07 Å². The highest BCUT2D eigenvalue weighted by Gasteiger charge is 2.49. The molecule has 3 nitrogen and oxygen atoms in total. The van der Waals surface area contributed by atoms with Crippen LogP contribution in [0.3, 0.4) is 0 Å². The van der Waals surface area contributed by atoms with Crippen molar-refractivity contribution in [1.29, 1.82) is 0 Å². The maximum atomic E-state index is 13.5. The van der Waals surface area contributed by atoms with Gasteiger partial charge in [-0.3, -0.25) is 4.90 Å². The van der Waals surface area contributed by atoms with E-state index in [4.69, 9.17) is 0 Å². The van der Waals surface area contributed by atoms with Gasteiger partial charge in [-0.1, -0.05) is 36.4 Å². The Balaban J connectivity index is 1.52. The molecule has 2 saturated heterocycles. The maximum absolute atomic E-state index is 13.5. The first kappa shape index (κ1) is 22.2. The molecule has 2 aromatic rings. The quantitative estimate of drug-likeness (QED) is 0.690. The Bertz CT molecular complexity index is 871. The Morgan fingerprint density at radius 2 is 1.71 bits per heavy atom. The van der Waals surface area contributed by atoms with Crippen LogP contribution in [0.5, 0.6) is 0 Å². The summed E-state index contributed by atoms with van der Waals surface area (Å²) in [7, 11) is 0. The summed E-state index contributed by atoms with van der Waals surface area (Å²) in [6.45, 7) is 2.15. The van der Waals surface area contributed by atoms with Crippen molar-refractivity contribution < 1.29 is 22.7 Å². The van der Waals surface area contributed by atoms with Crippen molar-refractivity contribution >= 4 is 0 Å². The topological polar surface area (TPSA) is 26.7 Å². The number of hydrogen-bond acceptors (Lipinski definition) is 3. The van der Waals surface area contributed by atoms with Gasteiger partial charge in [0.05, 0.1) is 13.0 Å². The van der Waals surface area contributed by atoms with Gasteiger partial charge in [-0.25, -0.2) is 4.39 Å². The van der Waals surface area contributed by atoms with E-state index in [9.17, 15) is 22.7 Å². The molecular formula is C24H28F4N2O. The molecule has 1 N–H and O–H groups in total. The van der Waals surface area contributed by atoms with E-state index in [2.05, 4.69) is 4.90 Å². The second-order valence-corrected chi connectivity index (χ2v) is 8.59. The first-order chi connectivity index (χ1) is 14.9. The van der Waals surface area contributed by atoms with Gasteiger partial charge >= 0.3 is 6.18 Å².